The van der Waals surface area contributed by atoms with Crippen LogP contribution in [0.1, 0.15) is 25.3 Å². The van der Waals surface area contributed by atoms with Crippen molar-refractivity contribution in [3.8, 4) is 5.75 Å². The molecule has 0 bridgehead atoms. The highest BCUT2D eigenvalue weighted by atomic mass is 32.2. The molecule has 1 aliphatic rings. The third-order valence-corrected chi connectivity index (χ3v) is 5.32. The van der Waals surface area contributed by atoms with E-state index in [0.717, 1.165) is 18.4 Å². The van der Waals surface area contributed by atoms with E-state index < -0.39 is 4.92 Å². The Morgan fingerprint density at radius 1 is 1.41 bits per heavy atom. The second kappa shape index (κ2) is 10.1. The highest BCUT2D eigenvalue weighted by Gasteiger charge is 2.29. The van der Waals surface area contributed by atoms with Gasteiger partial charge in [-0.25, -0.2) is 0 Å². The summed E-state index contributed by atoms with van der Waals surface area (Å²) in [5, 5.41) is 11.1. The van der Waals surface area contributed by atoms with Crippen molar-refractivity contribution in [3.05, 3.63) is 33.9 Å². The number of carbonyl (C=O) groups is 2. The van der Waals surface area contributed by atoms with Crippen molar-refractivity contribution in [1.29, 1.82) is 0 Å². The summed E-state index contributed by atoms with van der Waals surface area (Å²) < 4.78 is 10.0. The van der Waals surface area contributed by atoms with Crippen molar-refractivity contribution < 1.29 is 24.0 Å². The molecule has 0 radical (unpaired) electrons. The van der Waals surface area contributed by atoms with Crippen LogP contribution in [-0.4, -0.2) is 54.3 Å². The number of nitrogens with zero attached hydrogens (tertiary/aromatic N) is 2. The molecule has 1 saturated heterocycles. The third-order valence-electron chi connectivity index (χ3n) is 4.33. The van der Waals surface area contributed by atoms with E-state index in [1.807, 2.05) is 0 Å². The predicted molar refractivity (Wildman–Crippen MR) is 102 cm³/mol. The zero-order valence-electron chi connectivity index (χ0n) is 15.5. The summed E-state index contributed by atoms with van der Waals surface area (Å²) in [6.07, 6.45) is 1.52. The molecule has 0 aliphatic carbocycles. The number of benzene rings is 1. The van der Waals surface area contributed by atoms with Gasteiger partial charge in [0.05, 0.1) is 30.3 Å². The first-order valence-electron chi connectivity index (χ1n) is 8.79. The molecule has 9 heteroatoms. The summed E-state index contributed by atoms with van der Waals surface area (Å²) in [5.74, 6) is 0.423. The largest absolute Gasteiger partial charge is 0.490 e. The molecule has 0 spiro atoms. The van der Waals surface area contributed by atoms with E-state index in [4.69, 9.17) is 9.47 Å². The van der Waals surface area contributed by atoms with Gasteiger partial charge in [0.1, 0.15) is 0 Å². The first-order chi connectivity index (χ1) is 13.0. The minimum Gasteiger partial charge on any atom is -0.490 e. The van der Waals surface area contributed by atoms with Gasteiger partial charge in [0.15, 0.2) is 5.75 Å². The number of esters is 1. The molecule has 1 fully saturated rings. The summed E-state index contributed by atoms with van der Waals surface area (Å²) in [4.78, 5) is 36.6. The van der Waals surface area contributed by atoms with E-state index in [0.29, 0.717) is 25.4 Å². The van der Waals surface area contributed by atoms with Crippen LogP contribution in [0, 0.1) is 16.0 Å². The van der Waals surface area contributed by atoms with Crippen LogP contribution in [0.4, 0.5) is 5.69 Å². The Morgan fingerprint density at radius 2 is 2.19 bits per heavy atom. The van der Waals surface area contributed by atoms with Gasteiger partial charge in [-0.05, 0) is 31.4 Å². The Bertz CT molecular complexity index is 696. The maximum Gasteiger partial charge on any atom is 0.311 e. The van der Waals surface area contributed by atoms with Gasteiger partial charge in [0.2, 0.25) is 5.91 Å². The maximum atomic E-state index is 12.4. The van der Waals surface area contributed by atoms with Crippen molar-refractivity contribution in [2.75, 3.05) is 32.6 Å². The number of methoxy groups -OCH3 is 1. The molecule has 1 unspecified atom stereocenters. The molecule has 2 rings (SSSR count). The van der Waals surface area contributed by atoms with E-state index >= 15 is 0 Å². The van der Waals surface area contributed by atoms with E-state index in [1.165, 1.54) is 24.9 Å². The number of rotatable bonds is 8. The number of likely N-dealkylation sites (tertiary alicyclic amines) is 1. The molecule has 1 atom stereocenters. The van der Waals surface area contributed by atoms with Crippen LogP contribution in [0.15, 0.2) is 18.2 Å². The Morgan fingerprint density at radius 3 is 2.85 bits per heavy atom. The molecule has 8 nitrogen and oxygen atoms in total. The van der Waals surface area contributed by atoms with Gasteiger partial charge in [-0.15, -0.1) is 11.8 Å². The number of thioether (sulfide) groups is 1. The lowest BCUT2D eigenvalue weighted by molar-refractivity contribution is -0.385. The zero-order valence-corrected chi connectivity index (χ0v) is 16.3. The Labute approximate surface area is 162 Å². The Balaban J connectivity index is 1.86. The van der Waals surface area contributed by atoms with Gasteiger partial charge in [-0.1, -0.05) is 6.07 Å². The van der Waals surface area contributed by atoms with Crippen molar-refractivity contribution in [2.45, 2.75) is 25.5 Å². The topological polar surface area (TPSA) is 99.0 Å². The summed E-state index contributed by atoms with van der Waals surface area (Å²) >= 11 is 1.39. The van der Waals surface area contributed by atoms with E-state index in [2.05, 4.69) is 0 Å². The molecule has 1 amide bonds. The number of nitro benzene ring substituents is 1. The SMILES string of the molecule is CCOC(=O)C1CCCN(C(=O)CSCc2ccc(OC)c([N+](=O)[O-])c2)C1. The van der Waals surface area contributed by atoms with Crippen LogP contribution in [0.3, 0.4) is 0 Å². The van der Waals surface area contributed by atoms with Gasteiger partial charge < -0.3 is 14.4 Å². The fraction of sp³-hybridized carbons (Fsp3) is 0.556. The number of hydrogen-bond acceptors (Lipinski definition) is 7. The second-order valence-electron chi connectivity index (χ2n) is 6.19. The van der Waals surface area contributed by atoms with Gasteiger partial charge in [-0.2, -0.15) is 0 Å². The highest BCUT2D eigenvalue weighted by molar-refractivity contribution is 7.99. The van der Waals surface area contributed by atoms with Crippen LogP contribution in [0.5, 0.6) is 5.75 Å². The first-order valence-corrected chi connectivity index (χ1v) is 9.95. The molecular formula is C18H24N2O6S. The number of ether oxygens (including phenoxy) is 2. The minimum absolute atomic E-state index is 0.0305. The standard InChI is InChI=1S/C18H24N2O6S/c1-3-26-18(22)14-5-4-8-19(10-14)17(21)12-27-11-13-6-7-16(25-2)15(9-13)20(23)24/h6-7,9,14H,3-5,8,10-12H2,1-2H3. The lowest BCUT2D eigenvalue weighted by Gasteiger charge is -2.31. The zero-order chi connectivity index (χ0) is 19.8. The van der Waals surface area contributed by atoms with E-state index in [9.17, 15) is 19.7 Å². The Kier molecular flexibility index (Phi) is 7.90. The molecule has 0 N–H and O–H groups in total. The van der Waals surface area contributed by atoms with Crippen molar-refractivity contribution in [2.24, 2.45) is 5.92 Å². The lowest BCUT2D eigenvalue weighted by atomic mass is 9.98. The van der Waals surface area contributed by atoms with Crippen LogP contribution < -0.4 is 4.74 Å². The van der Waals surface area contributed by atoms with Crippen LogP contribution in [0.2, 0.25) is 0 Å². The predicted octanol–water partition coefficient (Wildman–Crippen LogP) is 2.64. The van der Waals surface area contributed by atoms with Crippen molar-refractivity contribution in [3.63, 3.8) is 0 Å². The van der Waals surface area contributed by atoms with E-state index in [-0.39, 0.29) is 35.0 Å². The van der Waals surface area contributed by atoms with Crippen LogP contribution in [0.25, 0.3) is 0 Å². The molecule has 1 aromatic carbocycles. The third kappa shape index (κ3) is 5.85. The molecular weight excluding hydrogens is 372 g/mol. The fourth-order valence-corrected chi connectivity index (χ4v) is 3.85. The number of hydrogen-bond donors (Lipinski definition) is 0. The molecule has 1 aliphatic heterocycles. The van der Waals surface area contributed by atoms with Crippen molar-refractivity contribution >= 4 is 29.3 Å². The molecule has 1 aromatic rings. The first kappa shape index (κ1) is 21.0. The average Bonchev–Trinajstić information content (AvgIpc) is 2.68. The van der Waals surface area contributed by atoms with Crippen molar-refractivity contribution in [1.82, 2.24) is 4.90 Å². The lowest BCUT2D eigenvalue weighted by Crippen LogP contribution is -2.43. The quantitative estimate of drug-likeness (QED) is 0.378. The normalized spacial score (nSPS) is 16.7. The smallest absolute Gasteiger partial charge is 0.311 e. The number of nitro groups is 1. The molecule has 0 aromatic heterocycles. The minimum atomic E-state index is -0.485. The molecule has 27 heavy (non-hydrogen) atoms. The van der Waals surface area contributed by atoms with Gasteiger partial charge in [0, 0.05) is 24.9 Å². The van der Waals surface area contributed by atoms with Crippen LogP contribution in [-0.2, 0) is 20.1 Å². The second-order valence-corrected chi connectivity index (χ2v) is 7.17. The van der Waals surface area contributed by atoms with Gasteiger partial charge in [0.25, 0.3) is 0 Å². The highest BCUT2D eigenvalue weighted by Crippen LogP contribution is 2.29. The summed E-state index contributed by atoms with van der Waals surface area (Å²) in [6.45, 7) is 3.15. The number of amides is 1. The summed E-state index contributed by atoms with van der Waals surface area (Å²) in [6, 6.07) is 4.78. The maximum absolute atomic E-state index is 12.4. The number of carbonyl (C=O) groups excluding carboxylic acids is 2. The Hall–Kier alpha value is -2.29. The number of piperidine rings is 1. The van der Waals surface area contributed by atoms with E-state index in [1.54, 1.807) is 24.0 Å². The average molecular weight is 396 g/mol. The fourth-order valence-electron chi connectivity index (χ4n) is 2.97. The molecule has 0 saturated carbocycles. The monoisotopic (exact) mass is 396 g/mol. The van der Waals surface area contributed by atoms with Gasteiger partial charge in [-0.3, -0.25) is 19.7 Å². The molecule has 148 valence electrons. The van der Waals surface area contributed by atoms with Gasteiger partial charge >= 0.3 is 11.7 Å². The van der Waals surface area contributed by atoms with Crippen LogP contribution >= 0.6 is 11.8 Å². The summed E-state index contributed by atoms with van der Waals surface area (Å²) in [7, 11) is 1.39. The molecule has 1 heterocycles. The summed E-state index contributed by atoms with van der Waals surface area (Å²) in [5.41, 5.74) is 0.665.